The number of primary sulfonamides is 1. The van der Waals surface area contributed by atoms with Gasteiger partial charge in [0, 0.05) is 5.56 Å². The number of anilines is 1. The van der Waals surface area contributed by atoms with Crippen LogP contribution in [-0.2, 0) is 10.0 Å². The molecule has 3 N–H and O–H groups in total. The van der Waals surface area contributed by atoms with Gasteiger partial charge in [-0.15, -0.1) is 0 Å². The summed E-state index contributed by atoms with van der Waals surface area (Å²) in [5.74, 6) is 0.449. The van der Waals surface area contributed by atoms with E-state index in [1.165, 1.54) is 24.3 Å². The fourth-order valence-electron chi connectivity index (χ4n) is 3.79. The van der Waals surface area contributed by atoms with Crippen LogP contribution < -0.4 is 15.2 Å². The zero-order chi connectivity index (χ0) is 24.6. The second-order valence-electron chi connectivity index (χ2n) is 8.57. The minimum absolute atomic E-state index is 0.0506. The zero-order valence-electron chi connectivity index (χ0n) is 19.0. The SMILES string of the molecule is C[C@@H](Nc1nc(OC2CCC2)c2nc(-c3ccc(F)cc3)ccc2n1)c1ccc(S(N)(=O)=O)cc1. The summed E-state index contributed by atoms with van der Waals surface area (Å²) in [4.78, 5) is 14.0. The monoisotopic (exact) mass is 493 g/mol. The lowest BCUT2D eigenvalue weighted by Gasteiger charge is -2.26. The van der Waals surface area contributed by atoms with Gasteiger partial charge in [0.2, 0.25) is 21.9 Å². The predicted molar refractivity (Wildman–Crippen MR) is 131 cm³/mol. The van der Waals surface area contributed by atoms with Crippen LogP contribution in [0.4, 0.5) is 10.3 Å². The van der Waals surface area contributed by atoms with Gasteiger partial charge < -0.3 is 10.1 Å². The molecule has 0 bridgehead atoms. The van der Waals surface area contributed by atoms with Crippen LogP contribution in [0.25, 0.3) is 22.3 Å². The minimum Gasteiger partial charge on any atom is -0.473 e. The molecule has 0 saturated heterocycles. The van der Waals surface area contributed by atoms with E-state index in [0.29, 0.717) is 28.6 Å². The summed E-state index contributed by atoms with van der Waals surface area (Å²) in [5.41, 5.74) is 3.44. The molecule has 0 unspecified atom stereocenters. The van der Waals surface area contributed by atoms with Crippen LogP contribution in [0.2, 0.25) is 0 Å². The van der Waals surface area contributed by atoms with Gasteiger partial charge in [-0.3, -0.25) is 0 Å². The Kier molecular flexibility index (Phi) is 6.08. The molecule has 2 aromatic carbocycles. The number of rotatable bonds is 7. The van der Waals surface area contributed by atoms with Crippen molar-refractivity contribution in [2.24, 2.45) is 5.14 Å². The van der Waals surface area contributed by atoms with E-state index in [9.17, 15) is 12.8 Å². The standard InChI is InChI=1S/C25H24FN5O3S/c1-15(16-7-11-20(12-8-16)35(27,32)33)28-25-30-22-14-13-21(17-5-9-18(26)10-6-17)29-23(22)24(31-25)34-19-3-2-4-19/h5-15,19H,2-4H2,1H3,(H2,27,32,33)(H,28,30,31)/t15-/m1/s1. The number of nitrogens with two attached hydrogens (primary N) is 1. The van der Waals surface area contributed by atoms with Crippen LogP contribution in [-0.4, -0.2) is 29.5 Å². The van der Waals surface area contributed by atoms with Crippen molar-refractivity contribution in [2.75, 3.05) is 5.32 Å². The van der Waals surface area contributed by atoms with Crippen molar-refractivity contribution in [1.29, 1.82) is 0 Å². The van der Waals surface area contributed by atoms with Gasteiger partial charge in [-0.05, 0) is 80.3 Å². The van der Waals surface area contributed by atoms with Gasteiger partial charge in [0.05, 0.1) is 22.1 Å². The number of ether oxygens (including phenoxy) is 1. The van der Waals surface area contributed by atoms with E-state index in [0.717, 1.165) is 30.4 Å². The molecule has 10 heteroatoms. The summed E-state index contributed by atoms with van der Waals surface area (Å²) in [6.07, 6.45) is 3.11. The number of nitrogens with one attached hydrogen (secondary N) is 1. The van der Waals surface area contributed by atoms with Gasteiger partial charge >= 0.3 is 0 Å². The maximum Gasteiger partial charge on any atom is 0.245 e. The predicted octanol–water partition coefficient (Wildman–Crippen LogP) is 4.58. The molecule has 5 rings (SSSR count). The number of fused-ring (bicyclic) bond motifs is 1. The first-order valence-electron chi connectivity index (χ1n) is 11.3. The second-order valence-corrected chi connectivity index (χ2v) is 10.1. The van der Waals surface area contributed by atoms with Crippen molar-refractivity contribution in [1.82, 2.24) is 15.0 Å². The fraction of sp³-hybridized carbons (Fsp3) is 0.240. The summed E-state index contributed by atoms with van der Waals surface area (Å²) < 4.78 is 42.6. The Labute approximate surface area is 202 Å². The second kappa shape index (κ2) is 9.20. The van der Waals surface area contributed by atoms with Gasteiger partial charge in [-0.1, -0.05) is 12.1 Å². The number of pyridine rings is 1. The quantitative estimate of drug-likeness (QED) is 0.386. The van der Waals surface area contributed by atoms with E-state index in [-0.39, 0.29) is 22.9 Å². The molecule has 8 nitrogen and oxygen atoms in total. The summed E-state index contributed by atoms with van der Waals surface area (Å²) >= 11 is 0. The molecule has 1 aliphatic carbocycles. The van der Waals surface area contributed by atoms with Crippen molar-refractivity contribution in [3.05, 3.63) is 72.0 Å². The first-order valence-corrected chi connectivity index (χ1v) is 12.8. The third-order valence-electron chi connectivity index (χ3n) is 6.04. The summed E-state index contributed by atoms with van der Waals surface area (Å²) in [6, 6.07) is 15.9. The van der Waals surface area contributed by atoms with Crippen molar-refractivity contribution < 1.29 is 17.5 Å². The van der Waals surface area contributed by atoms with E-state index in [1.54, 1.807) is 24.3 Å². The number of hydrogen-bond donors (Lipinski definition) is 2. The van der Waals surface area contributed by atoms with Crippen molar-refractivity contribution in [3.8, 4) is 17.1 Å². The molecular formula is C25H24FN5O3S. The molecule has 35 heavy (non-hydrogen) atoms. The van der Waals surface area contributed by atoms with Gasteiger partial charge in [-0.2, -0.15) is 4.98 Å². The first kappa shape index (κ1) is 23.1. The minimum atomic E-state index is -3.76. The maximum atomic E-state index is 13.4. The van der Waals surface area contributed by atoms with E-state index in [4.69, 9.17) is 14.9 Å². The Hall–Kier alpha value is -3.63. The largest absolute Gasteiger partial charge is 0.473 e. The van der Waals surface area contributed by atoms with Crippen LogP contribution in [0.5, 0.6) is 5.88 Å². The Morgan fingerprint density at radius 2 is 1.71 bits per heavy atom. The summed E-state index contributed by atoms with van der Waals surface area (Å²) in [6.45, 7) is 1.92. The van der Waals surface area contributed by atoms with Crippen molar-refractivity contribution in [2.45, 2.75) is 43.2 Å². The molecule has 1 fully saturated rings. The van der Waals surface area contributed by atoms with E-state index in [2.05, 4.69) is 15.3 Å². The summed E-state index contributed by atoms with van der Waals surface area (Å²) in [5, 5.41) is 8.44. The Morgan fingerprint density at radius 3 is 2.34 bits per heavy atom. The van der Waals surface area contributed by atoms with E-state index >= 15 is 0 Å². The Morgan fingerprint density at radius 1 is 1.00 bits per heavy atom. The number of aromatic nitrogens is 3. The lowest BCUT2D eigenvalue weighted by molar-refractivity contribution is 0.116. The number of halogens is 1. The fourth-order valence-corrected chi connectivity index (χ4v) is 4.30. The highest BCUT2D eigenvalue weighted by Crippen LogP contribution is 2.31. The maximum absolute atomic E-state index is 13.4. The van der Waals surface area contributed by atoms with Crippen molar-refractivity contribution in [3.63, 3.8) is 0 Å². The number of hydrogen-bond acceptors (Lipinski definition) is 7. The molecular weight excluding hydrogens is 469 g/mol. The molecule has 0 aliphatic heterocycles. The highest BCUT2D eigenvalue weighted by molar-refractivity contribution is 7.89. The molecule has 0 amide bonds. The lowest BCUT2D eigenvalue weighted by atomic mass is 9.96. The van der Waals surface area contributed by atoms with E-state index in [1.807, 2.05) is 19.1 Å². The normalized spacial score (nSPS) is 14.9. The molecule has 2 heterocycles. The Bertz CT molecular complexity index is 1470. The van der Waals surface area contributed by atoms with Crippen molar-refractivity contribution >= 4 is 27.0 Å². The molecule has 4 aromatic rings. The smallest absolute Gasteiger partial charge is 0.245 e. The van der Waals surface area contributed by atoms with E-state index < -0.39 is 10.0 Å². The first-order chi connectivity index (χ1) is 16.8. The number of sulfonamides is 1. The molecule has 0 radical (unpaired) electrons. The number of nitrogens with zero attached hydrogens (tertiary/aromatic N) is 3. The van der Waals surface area contributed by atoms with Gasteiger partial charge in [0.15, 0.2) is 5.52 Å². The molecule has 1 atom stereocenters. The molecule has 0 spiro atoms. The highest BCUT2D eigenvalue weighted by atomic mass is 32.2. The van der Waals surface area contributed by atoms with Crippen LogP contribution in [0.15, 0.2) is 65.6 Å². The Balaban J connectivity index is 1.47. The summed E-state index contributed by atoms with van der Waals surface area (Å²) in [7, 11) is -3.76. The topological polar surface area (TPSA) is 120 Å². The highest BCUT2D eigenvalue weighted by Gasteiger charge is 2.23. The van der Waals surface area contributed by atoms with Gasteiger partial charge in [0.1, 0.15) is 11.9 Å². The third kappa shape index (κ3) is 5.08. The van der Waals surface area contributed by atoms with Crippen LogP contribution in [0, 0.1) is 5.82 Å². The molecule has 2 aromatic heterocycles. The van der Waals surface area contributed by atoms with Crippen LogP contribution in [0.1, 0.15) is 37.8 Å². The zero-order valence-corrected chi connectivity index (χ0v) is 19.8. The third-order valence-corrected chi connectivity index (χ3v) is 6.96. The number of benzene rings is 2. The molecule has 1 saturated carbocycles. The average molecular weight is 494 g/mol. The van der Waals surface area contributed by atoms with Crippen LogP contribution >= 0.6 is 0 Å². The molecule has 1 aliphatic rings. The van der Waals surface area contributed by atoms with Crippen LogP contribution in [0.3, 0.4) is 0 Å². The average Bonchev–Trinajstić information content (AvgIpc) is 2.81. The van der Waals surface area contributed by atoms with Gasteiger partial charge in [-0.25, -0.2) is 27.9 Å². The van der Waals surface area contributed by atoms with Gasteiger partial charge in [0.25, 0.3) is 0 Å². The molecule has 180 valence electrons. The lowest BCUT2D eigenvalue weighted by Crippen LogP contribution is -2.25.